The lowest BCUT2D eigenvalue weighted by atomic mass is 10.0. The van der Waals surface area contributed by atoms with Gasteiger partial charge in [0.1, 0.15) is 29.8 Å². The van der Waals surface area contributed by atoms with Gasteiger partial charge in [-0.25, -0.2) is 9.59 Å². The van der Waals surface area contributed by atoms with Gasteiger partial charge in [-0.15, -0.1) is 0 Å². The Bertz CT molecular complexity index is 1310. The second kappa shape index (κ2) is 18.4. The summed E-state index contributed by atoms with van der Waals surface area (Å²) < 4.78 is 5.68. The molecule has 0 aliphatic rings. The van der Waals surface area contributed by atoms with E-state index in [0.29, 0.717) is 0 Å². The van der Waals surface area contributed by atoms with Crippen LogP contribution in [0.25, 0.3) is 0 Å². The predicted octanol–water partition coefficient (Wildman–Crippen LogP) is 1.66. The normalized spacial score (nSPS) is 14.6. The molecule has 8 N–H and O–H groups in total. The largest absolute Gasteiger partial charge is 0.480 e. The van der Waals surface area contributed by atoms with Crippen molar-refractivity contribution in [3.05, 3.63) is 71.8 Å². The molecule has 252 valence electrons. The van der Waals surface area contributed by atoms with Crippen molar-refractivity contribution in [2.24, 2.45) is 11.5 Å². The molecule has 0 heterocycles. The molecule has 0 aromatic heterocycles. The fourth-order valence-electron chi connectivity index (χ4n) is 3.94. The van der Waals surface area contributed by atoms with E-state index in [1.54, 1.807) is 20.8 Å². The number of amides is 4. The molecule has 0 saturated carbocycles. The van der Waals surface area contributed by atoms with Gasteiger partial charge >= 0.3 is 12.1 Å². The van der Waals surface area contributed by atoms with Crippen LogP contribution in [0.1, 0.15) is 38.8 Å². The molecule has 15 heteroatoms. The SMILES string of the molecule is C[C@@H](O)[C@H](N)C(=O)N[C@@H](CSSC[C@H](NC(=O)[C@@H](Cc1ccccc1)N(Cc1ccccc1)C(=O)OC(C)(C)C)C(N)=O)C(=O)O. The van der Waals surface area contributed by atoms with Gasteiger partial charge in [-0.05, 0) is 38.8 Å². The maximum atomic E-state index is 13.9. The zero-order chi connectivity index (χ0) is 34.4. The van der Waals surface area contributed by atoms with Crippen molar-refractivity contribution < 1.29 is 38.9 Å². The van der Waals surface area contributed by atoms with Gasteiger partial charge in [-0.1, -0.05) is 82.3 Å². The summed E-state index contributed by atoms with van der Waals surface area (Å²) in [5, 5.41) is 23.9. The van der Waals surface area contributed by atoms with Crippen LogP contribution < -0.4 is 22.1 Å². The minimum Gasteiger partial charge on any atom is -0.480 e. The minimum absolute atomic E-state index is 0.0393. The first-order chi connectivity index (χ1) is 21.6. The third-order valence-corrected chi connectivity index (χ3v) is 8.85. The number of nitrogens with zero attached hydrogens (tertiary/aromatic N) is 1. The summed E-state index contributed by atoms with van der Waals surface area (Å²) in [7, 11) is 2.09. The molecule has 0 radical (unpaired) electrons. The number of hydrogen-bond donors (Lipinski definition) is 6. The summed E-state index contributed by atoms with van der Waals surface area (Å²) >= 11 is 0. The Balaban J connectivity index is 2.24. The van der Waals surface area contributed by atoms with Gasteiger partial charge in [0.25, 0.3) is 0 Å². The van der Waals surface area contributed by atoms with Gasteiger partial charge in [0.2, 0.25) is 17.7 Å². The zero-order valence-electron chi connectivity index (χ0n) is 26.3. The molecule has 0 bridgehead atoms. The van der Waals surface area contributed by atoms with Crippen LogP contribution in [0.15, 0.2) is 60.7 Å². The van der Waals surface area contributed by atoms with Gasteiger partial charge in [0.05, 0.1) is 6.10 Å². The van der Waals surface area contributed by atoms with Crippen molar-refractivity contribution in [1.82, 2.24) is 15.5 Å². The van der Waals surface area contributed by atoms with E-state index in [0.717, 1.165) is 32.7 Å². The third kappa shape index (κ3) is 13.3. The highest BCUT2D eigenvalue weighted by Gasteiger charge is 2.35. The Morgan fingerprint density at radius 2 is 1.37 bits per heavy atom. The first-order valence-electron chi connectivity index (χ1n) is 14.5. The maximum Gasteiger partial charge on any atom is 0.411 e. The molecule has 0 fully saturated rings. The molecule has 4 amide bonds. The highest BCUT2D eigenvalue weighted by atomic mass is 33.1. The Morgan fingerprint density at radius 1 is 0.870 bits per heavy atom. The van der Waals surface area contributed by atoms with Crippen molar-refractivity contribution >= 4 is 51.4 Å². The van der Waals surface area contributed by atoms with Crippen LogP contribution in [0, 0.1) is 0 Å². The first-order valence-corrected chi connectivity index (χ1v) is 17.0. The number of nitrogens with one attached hydrogen (secondary N) is 2. The summed E-state index contributed by atoms with van der Waals surface area (Å²) in [6, 6.07) is 13.3. The molecule has 0 aliphatic carbocycles. The van der Waals surface area contributed by atoms with Crippen LogP contribution in [0.2, 0.25) is 0 Å². The molecular formula is C31H43N5O8S2. The predicted molar refractivity (Wildman–Crippen MR) is 177 cm³/mol. The van der Waals surface area contributed by atoms with Crippen LogP contribution in [0.5, 0.6) is 0 Å². The molecular weight excluding hydrogens is 635 g/mol. The number of benzene rings is 2. The number of rotatable bonds is 17. The van der Waals surface area contributed by atoms with E-state index in [1.165, 1.54) is 11.8 Å². The second-order valence-corrected chi connectivity index (χ2v) is 14.1. The number of aliphatic hydroxyl groups is 1. The van der Waals surface area contributed by atoms with Gasteiger partial charge < -0.3 is 37.1 Å². The number of hydrogen-bond acceptors (Lipinski definition) is 10. The fraction of sp³-hybridized carbons (Fsp3) is 0.452. The smallest absolute Gasteiger partial charge is 0.411 e. The average molecular weight is 678 g/mol. The van der Waals surface area contributed by atoms with E-state index in [2.05, 4.69) is 10.6 Å². The summed E-state index contributed by atoms with van der Waals surface area (Å²) in [5.41, 5.74) is 11.9. The van der Waals surface area contributed by atoms with E-state index in [1.807, 2.05) is 60.7 Å². The molecule has 13 nitrogen and oxygen atoms in total. The number of carbonyl (C=O) groups is 5. The second-order valence-electron chi connectivity index (χ2n) is 11.5. The molecule has 2 aromatic carbocycles. The highest BCUT2D eigenvalue weighted by molar-refractivity contribution is 8.76. The summed E-state index contributed by atoms with van der Waals surface area (Å²) in [5.74, 6) is -3.77. The quantitative estimate of drug-likeness (QED) is 0.105. The van der Waals surface area contributed by atoms with Crippen LogP contribution in [0.3, 0.4) is 0 Å². The van der Waals surface area contributed by atoms with E-state index in [4.69, 9.17) is 16.2 Å². The molecule has 0 saturated heterocycles. The van der Waals surface area contributed by atoms with Crippen LogP contribution >= 0.6 is 21.6 Å². The van der Waals surface area contributed by atoms with Crippen molar-refractivity contribution in [3.63, 3.8) is 0 Å². The number of aliphatic carboxylic acids is 1. The molecule has 5 atom stereocenters. The van der Waals surface area contributed by atoms with Gasteiger partial charge in [-0.3, -0.25) is 19.3 Å². The number of primary amides is 1. The molecule has 2 rings (SSSR count). The molecule has 46 heavy (non-hydrogen) atoms. The van der Waals surface area contributed by atoms with Crippen molar-refractivity contribution in [2.45, 2.75) is 76.5 Å². The summed E-state index contributed by atoms with van der Waals surface area (Å²) in [6.07, 6.45) is -1.79. The third-order valence-electron chi connectivity index (χ3n) is 6.42. The summed E-state index contributed by atoms with van der Waals surface area (Å²) in [6.45, 7) is 6.52. The Morgan fingerprint density at radius 3 is 1.85 bits per heavy atom. The van der Waals surface area contributed by atoms with Crippen LogP contribution in [-0.2, 0) is 36.9 Å². The standard InChI is InChI=1S/C31H43N5O8S2/c1-19(37)25(32)28(40)35-23(29(41)42)18-46-45-17-22(26(33)38)34-27(39)24(15-20-11-7-5-8-12-20)36(30(43)44-31(2,3)4)16-21-13-9-6-10-14-21/h5-14,19,22-25,37H,15-18,32H2,1-4H3,(H2,33,38)(H,34,39)(H,35,40)(H,41,42)/t19-,22+,23+,24-,25+/m1/s1. The van der Waals surface area contributed by atoms with Gasteiger partial charge in [-0.2, -0.15) is 0 Å². The van der Waals surface area contributed by atoms with Gasteiger partial charge in [0, 0.05) is 24.5 Å². The van der Waals surface area contributed by atoms with Crippen LogP contribution in [0.4, 0.5) is 4.79 Å². The van der Waals surface area contributed by atoms with E-state index < -0.39 is 65.7 Å². The Labute approximate surface area is 276 Å². The van der Waals surface area contributed by atoms with E-state index in [9.17, 15) is 34.2 Å². The van der Waals surface area contributed by atoms with Crippen LogP contribution in [-0.4, -0.2) is 92.3 Å². The number of ether oxygens (including phenoxy) is 1. The van der Waals surface area contributed by atoms with Crippen molar-refractivity contribution in [1.29, 1.82) is 0 Å². The minimum atomic E-state index is -1.33. The first kappa shape index (κ1) is 38.4. The lowest BCUT2D eigenvalue weighted by Gasteiger charge is -2.33. The average Bonchev–Trinajstić information content (AvgIpc) is 2.98. The van der Waals surface area contributed by atoms with Crippen molar-refractivity contribution in [2.75, 3.05) is 11.5 Å². The monoisotopic (exact) mass is 677 g/mol. The number of carboxylic acid groups (broad SMARTS) is 1. The van der Waals surface area contributed by atoms with Gasteiger partial charge in [0.15, 0.2) is 0 Å². The lowest BCUT2D eigenvalue weighted by molar-refractivity contribution is -0.141. The fourth-order valence-corrected chi connectivity index (χ4v) is 6.27. The topological polar surface area (TPSA) is 214 Å². The lowest BCUT2D eigenvalue weighted by Crippen LogP contribution is -2.56. The zero-order valence-corrected chi connectivity index (χ0v) is 27.9. The molecule has 0 unspecified atom stereocenters. The number of carboxylic acids is 1. The molecule has 0 spiro atoms. The van der Waals surface area contributed by atoms with Crippen molar-refractivity contribution in [3.8, 4) is 0 Å². The highest BCUT2D eigenvalue weighted by Crippen LogP contribution is 2.24. The number of nitrogens with two attached hydrogens (primary N) is 2. The summed E-state index contributed by atoms with van der Waals surface area (Å²) in [4.78, 5) is 64.9. The maximum absolute atomic E-state index is 13.9. The van der Waals surface area contributed by atoms with E-state index >= 15 is 0 Å². The Kier molecular flexibility index (Phi) is 15.3. The number of aliphatic hydroxyl groups excluding tert-OH is 1. The van der Waals surface area contributed by atoms with E-state index in [-0.39, 0.29) is 24.5 Å². The number of carbonyl (C=O) groups excluding carboxylic acids is 4. The molecule has 0 aliphatic heterocycles. The molecule has 2 aromatic rings. The Hall–Kier alpha value is -3.79.